The lowest BCUT2D eigenvalue weighted by molar-refractivity contribution is -0.130. The molecule has 0 aliphatic carbocycles. The molecule has 3 rings (SSSR count). The minimum absolute atomic E-state index is 0.233. The number of nitrogens with zero attached hydrogens (tertiary/aromatic N) is 3. The van der Waals surface area contributed by atoms with Crippen molar-refractivity contribution in [3.05, 3.63) is 71.3 Å². The quantitative estimate of drug-likeness (QED) is 0.741. The van der Waals surface area contributed by atoms with Crippen LogP contribution in [0.1, 0.15) is 16.7 Å². The fraction of sp³-hybridized carbons (Fsp3) is 0.364. The molecule has 2 aromatic rings. The first-order valence-electron chi connectivity index (χ1n) is 9.35. The van der Waals surface area contributed by atoms with Gasteiger partial charge in [0.05, 0.1) is 17.4 Å². The Hall–Kier alpha value is -2.29. The average molecular weight is 380 g/mol. The van der Waals surface area contributed by atoms with Crippen molar-refractivity contribution < 1.29 is 4.79 Å². The van der Waals surface area contributed by atoms with Gasteiger partial charge in [0.1, 0.15) is 0 Å². The molecule has 0 N–H and O–H groups in total. The number of benzene rings is 2. The highest BCUT2D eigenvalue weighted by molar-refractivity contribution is 7.99. The monoisotopic (exact) mass is 379 g/mol. The van der Waals surface area contributed by atoms with Crippen molar-refractivity contribution in [3.63, 3.8) is 0 Å². The summed E-state index contributed by atoms with van der Waals surface area (Å²) in [4.78, 5) is 16.9. The number of hydrogen-bond donors (Lipinski definition) is 0. The topological polar surface area (TPSA) is 47.3 Å². The lowest BCUT2D eigenvalue weighted by atomic mass is 10.1. The molecule has 0 unspecified atom stereocenters. The maximum atomic E-state index is 12.4. The summed E-state index contributed by atoms with van der Waals surface area (Å²) in [5.74, 6) is 1.55. The van der Waals surface area contributed by atoms with Gasteiger partial charge in [0.2, 0.25) is 5.91 Å². The van der Waals surface area contributed by atoms with Gasteiger partial charge in [0, 0.05) is 38.5 Å². The zero-order chi connectivity index (χ0) is 18.9. The smallest absolute Gasteiger partial charge is 0.232 e. The van der Waals surface area contributed by atoms with E-state index >= 15 is 0 Å². The average Bonchev–Trinajstić information content (AvgIpc) is 2.74. The molecule has 0 radical (unpaired) electrons. The van der Waals surface area contributed by atoms with E-state index in [1.807, 2.05) is 35.2 Å². The molecule has 1 aliphatic heterocycles. The number of carbonyl (C=O) groups is 1. The predicted octanol–water partition coefficient (Wildman–Crippen LogP) is 3.18. The molecule has 2 aromatic carbocycles. The Kier molecular flexibility index (Phi) is 7.32. The van der Waals surface area contributed by atoms with Gasteiger partial charge in [0.15, 0.2) is 0 Å². The van der Waals surface area contributed by atoms with Crippen LogP contribution in [0, 0.1) is 11.3 Å². The second-order valence-corrected chi connectivity index (χ2v) is 7.75. The second-order valence-electron chi connectivity index (χ2n) is 6.76. The minimum atomic E-state index is 0.233. The van der Waals surface area contributed by atoms with Crippen molar-refractivity contribution in [1.29, 1.82) is 5.26 Å². The molecule has 0 spiro atoms. The largest absolute Gasteiger partial charge is 0.339 e. The van der Waals surface area contributed by atoms with Gasteiger partial charge in [-0.3, -0.25) is 9.69 Å². The van der Waals surface area contributed by atoms with Crippen LogP contribution in [0.25, 0.3) is 0 Å². The molecule has 27 heavy (non-hydrogen) atoms. The van der Waals surface area contributed by atoms with Crippen molar-refractivity contribution in [2.45, 2.75) is 12.2 Å². The normalized spacial score (nSPS) is 14.7. The summed E-state index contributed by atoms with van der Waals surface area (Å²) in [6, 6.07) is 20.3. The van der Waals surface area contributed by atoms with Gasteiger partial charge in [-0.2, -0.15) is 5.26 Å². The van der Waals surface area contributed by atoms with Crippen LogP contribution in [0.5, 0.6) is 0 Å². The van der Waals surface area contributed by atoms with Crippen molar-refractivity contribution in [3.8, 4) is 6.07 Å². The lowest BCUT2D eigenvalue weighted by Crippen LogP contribution is -2.49. The fourth-order valence-corrected chi connectivity index (χ4v) is 4.06. The molecule has 1 saturated heterocycles. The first-order valence-corrected chi connectivity index (χ1v) is 10.5. The number of thioether (sulfide) groups is 1. The highest BCUT2D eigenvalue weighted by Gasteiger charge is 2.20. The summed E-state index contributed by atoms with van der Waals surface area (Å²) in [5.41, 5.74) is 3.19. The van der Waals surface area contributed by atoms with Gasteiger partial charge >= 0.3 is 0 Å². The Morgan fingerprint density at radius 3 is 2.33 bits per heavy atom. The SMILES string of the molecule is N#Cc1ccc(CSCC(=O)N2CCN(CCc3ccccc3)CC2)cc1. The Morgan fingerprint density at radius 2 is 1.67 bits per heavy atom. The van der Waals surface area contributed by atoms with Gasteiger partial charge in [-0.05, 0) is 29.7 Å². The van der Waals surface area contributed by atoms with Crippen LogP contribution >= 0.6 is 11.8 Å². The molecular weight excluding hydrogens is 354 g/mol. The standard InChI is InChI=1S/C22H25N3OS/c23-16-20-6-8-21(9-7-20)17-27-18-22(26)25-14-12-24(13-15-25)11-10-19-4-2-1-3-5-19/h1-9H,10-15,17-18H2. The molecule has 1 aliphatic rings. The van der Waals surface area contributed by atoms with E-state index in [9.17, 15) is 4.79 Å². The Morgan fingerprint density at radius 1 is 0.963 bits per heavy atom. The zero-order valence-electron chi connectivity index (χ0n) is 15.5. The summed E-state index contributed by atoms with van der Waals surface area (Å²) in [6.07, 6.45) is 1.06. The molecular formula is C22H25N3OS. The molecule has 4 nitrogen and oxygen atoms in total. The second kappa shape index (κ2) is 10.1. The molecule has 0 aromatic heterocycles. The molecule has 140 valence electrons. The van der Waals surface area contributed by atoms with Crippen LogP contribution in [0.3, 0.4) is 0 Å². The van der Waals surface area contributed by atoms with E-state index in [0.717, 1.165) is 50.5 Å². The van der Waals surface area contributed by atoms with Gasteiger partial charge in [0.25, 0.3) is 0 Å². The van der Waals surface area contributed by atoms with Gasteiger partial charge < -0.3 is 4.90 Å². The summed E-state index contributed by atoms with van der Waals surface area (Å²) in [7, 11) is 0. The minimum Gasteiger partial charge on any atom is -0.339 e. The molecule has 1 heterocycles. The number of nitriles is 1. The third-order valence-corrected chi connectivity index (χ3v) is 5.85. The summed E-state index contributed by atoms with van der Waals surface area (Å²) in [6.45, 7) is 4.62. The van der Waals surface area contributed by atoms with Crippen LogP contribution in [-0.2, 0) is 17.0 Å². The van der Waals surface area contributed by atoms with E-state index in [-0.39, 0.29) is 5.91 Å². The highest BCUT2D eigenvalue weighted by Crippen LogP contribution is 2.14. The van der Waals surface area contributed by atoms with E-state index in [1.54, 1.807) is 11.8 Å². The van der Waals surface area contributed by atoms with Crippen LogP contribution in [-0.4, -0.2) is 54.2 Å². The summed E-state index contributed by atoms with van der Waals surface area (Å²) < 4.78 is 0. The molecule has 5 heteroatoms. The van der Waals surface area contributed by atoms with Crippen LogP contribution in [0.15, 0.2) is 54.6 Å². The van der Waals surface area contributed by atoms with Gasteiger partial charge in [-0.25, -0.2) is 0 Å². The van der Waals surface area contributed by atoms with Gasteiger partial charge in [-0.1, -0.05) is 42.5 Å². The molecule has 1 amide bonds. The molecule has 0 saturated carbocycles. The van der Waals surface area contributed by atoms with Crippen LogP contribution in [0.4, 0.5) is 0 Å². The van der Waals surface area contributed by atoms with Gasteiger partial charge in [-0.15, -0.1) is 11.8 Å². The van der Waals surface area contributed by atoms with E-state index < -0.39 is 0 Å². The molecule has 1 fully saturated rings. The first-order chi connectivity index (χ1) is 13.2. The van der Waals surface area contributed by atoms with Crippen molar-refractivity contribution in [2.24, 2.45) is 0 Å². The molecule has 0 atom stereocenters. The maximum Gasteiger partial charge on any atom is 0.232 e. The lowest BCUT2D eigenvalue weighted by Gasteiger charge is -2.34. The zero-order valence-corrected chi connectivity index (χ0v) is 16.3. The van der Waals surface area contributed by atoms with E-state index in [1.165, 1.54) is 5.56 Å². The Balaban J connectivity index is 1.34. The van der Waals surface area contributed by atoms with Crippen molar-refractivity contribution >= 4 is 17.7 Å². The Bertz CT molecular complexity index is 762. The number of carbonyl (C=O) groups excluding carboxylic acids is 1. The number of hydrogen-bond acceptors (Lipinski definition) is 4. The third-order valence-electron chi connectivity index (χ3n) is 4.86. The fourth-order valence-electron chi connectivity index (χ4n) is 3.18. The van der Waals surface area contributed by atoms with E-state index in [4.69, 9.17) is 5.26 Å². The Labute approximate surface area is 165 Å². The van der Waals surface area contributed by atoms with Crippen LogP contribution in [0.2, 0.25) is 0 Å². The highest BCUT2D eigenvalue weighted by atomic mass is 32.2. The predicted molar refractivity (Wildman–Crippen MR) is 110 cm³/mol. The van der Waals surface area contributed by atoms with Crippen LogP contribution < -0.4 is 0 Å². The van der Waals surface area contributed by atoms with E-state index in [2.05, 4.69) is 35.2 Å². The first kappa shape index (κ1) is 19.5. The number of piperazine rings is 1. The third kappa shape index (κ3) is 6.13. The maximum absolute atomic E-state index is 12.4. The van der Waals surface area contributed by atoms with Crippen molar-refractivity contribution in [2.75, 3.05) is 38.5 Å². The number of rotatable bonds is 7. The van der Waals surface area contributed by atoms with E-state index in [0.29, 0.717) is 11.3 Å². The molecule has 0 bridgehead atoms. The summed E-state index contributed by atoms with van der Waals surface area (Å²) in [5, 5.41) is 8.82. The number of amides is 1. The van der Waals surface area contributed by atoms with Crippen molar-refractivity contribution in [1.82, 2.24) is 9.80 Å². The summed E-state index contributed by atoms with van der Waals surface area (Å²) >= 11 is 1.64.